The lowest BCUT2D eigenvalue weighted by Gasteiger charge is -2.47. The topological polar surface area (TPSA) is 84.4 Å². The maximum atomic E-state index is 14.7. The van der Waals surface area contributed by atoms with Gasteiger partial charge in [0, 0.05) is 6.54 Å². The maximum absolute atomic E-state index is 14.7. The third-order valence-corrected chi connectivity index (χ3v) is 9.35. The van der Waals surface area contributed by atoms with Crippen molar-refractivity contribution in [2.45, 2.75) is 31.0 Å². The molecule has 4 aliphatic heterocycles. The van der Waals surface area contributed by atoms with Gasteiger partial charge in [0.2, 0.25) is 0 Å². The van der Waals surface area contributed by atoms with Crippen molar-refractivity contribution in [1.29, 1.82) is 0 Å². The van der Waals surface area contributed by atoms with Crippen LogP contribution in [0.2, 0.25) is 0 Å². The Bertz CT molecular complexity index is 1830. The highest BCUT2D eigenvalue weighted by atomic mass is 16.4. The molecule has 222 valence electrons. The van der Waals surface area contributed by atoms with Gasteiger partial charge in [-0.05, 0) is 59.4 Å². The lowest BCUT2D eigenvalue weighted by Crippen LogP contribution is -2.67. The van der Waals surface area contributed by atoms with Crippen molar-refractivity contribution in [3.8, 4) is 0 Å². The van der Waals surface area contributed by atoms with Gasteiger partial charge < -0.3 is 14.9 Å². The predicted octanol–water partition coefficient (Wildman–Crippen LogP) is 7.47. The second-order valence-corrected chi connectivity index (χ2v) is 11.8. The number of benzene rings is 4. The first-order valence-corrected chi connectivity index (χ1v) is 15.2. The van der Waals surface area contributed by atoms with Crippen LogP contribution >= 0.6 is 0 Å². The lowest BCUT2D eigenvalue weighted by atomic mass is 10.0. The van der Waals surface area contributed by atoms with Crippen molar-refractivity contribution >= 4 is 65.1 Å². The van der Waals surface area contributed by atoms with E-state index in [2.05, 4.69) is 0 Å². The van der Waals surface area contributed by atoms with Crippen LogP contribution in [0.25, 0.3) is 24.3 Å². The molecule has 0 saturated carbocycles. The lowest BCUT2D eigenvalue weighted by molar-refractivity contribution is -0.145. The van der Waals surface area contributed by atoms with Crippen LogP contribution in [0.4, 0.5) is 32.3 Å². The second kappa shape index (κ2) is 10.5. The van der Waals surface area contributed by atoms with Crippen molar-refractivity contribution in [1.82, 2.24) is 9.80 Å². The number of carbonyl (C=O) groups is 3. The van der Waals surface area contributed by atoms with Gasteiger partial charge in [0.05, 0.1) is 34.8 Å². The molecule has 8 rings (SSSR count). The molecule has 4 aliphatic rings. The fraction of sp³-hybridized carbons (Fsp3) is 0.162. The van der Waals surface area contributed by atoms with E-state index < -0.39 is 24.1 Å². The molecule has 2 bridgehead atoms. The zero-order valence-corrected chi connectivity index (χ0v) is 24.4. The Morgan fingerprint density at radius 3 is 1.38 bits per heavy atom. The molecular weight excluding hydrogens is 564 g/mol. The van der Waals surface area contributed by atoms with E-state index in [-0.39, 0.29) is 18.6 Å². The van der Waals surface area contributed by atoms with Gasteiger partial charge >= 0.3 is 18.0 Å². The smallest absolute Gasteiger partial charge is 0.330 e. The first kappa shape index (κ1) is 27.0. The molecule has 0 aliphatic carbocycles. The van der Waals surface area contributed by atoms with E-state index in [0.29, 0.717) is 24.2 Å². The largest absolute Gasteiger partial charge is 0.480 e. The van der Waals surface area contributed by atoms with Crippen LogP contribution in [0.15, 0.2) is 97.1 Å². The first-order chi connectivity index (χ1) is 22.0. The van der Waals surface area contributed by atoms with E-state index in [0.717, 1.165) is 33.6 Å². The van der Waals surface area contributed by atoms with Crippen molar-refractivity contribution < 1.29 is 19.5 Å². The van der Waals surface area contributed by atoms with Crippen LogP contribution in [-0.4, -0.2) is 57.6 Å². The number of nitrogens with zero attached hydrogens (tertiary/aromatic N) is 4. The number of hydrogen-bond acceptors (Lipinski definition) is 3. The molecule has 4 aromatic rings. The quantitative estimate of drug-likeness (QED) is 0.248. The average molecular weight is 595 g/mol. The average Bonchev–Trinajstić information content (AvgIpc) is 3.19. The van der Waals surface area contributed by atoms with Crippen LogP contribution in [-0.2, 0) is 4.79 Å². The summed E-state index contributed by atoms with van der Waals surface area (Å²) in [7, 11) is 0. The molecule has 0 radical (unpaired) electrons. The van der Waals surface area contributed by atoms with Gasteiger partial charge in [0.25, 0.3) is 0 Å². The van der Waals surface area contributed by atoms with E-state index >= 15 is 0 Å². The Labute approximate surface area is 260 Å². The molecule has 1 N–H and O–H groups in total. The van der Waals surface area contributed by atoms with E-state index in [1.54, 1.807) is 14.7 Å². The molecule has 0 aromatic heterocycles. The van der Waals surface area contributed by atoms with Gasteiger partial charge in [-0.15, -0.1) is 0 Å². The summed E-state index contributed by atoms with van der Waals surface area (Å²) < 4.78 is 0. The van der Waals surface area contributed by atoms with Gasteiger partial charge in [-0.1, -0.05) is 97.1 Å². The summed E-state index contributed by atoms with van der Waals surface area (Å²) in [5.74, 6) is -1.13. The number of rotatable bonds is 1. The van der Waals surface area contributed by atoms with Gasteiger partial charge in [0.15, 0.2) is 6.04 Å². The summed E-state index contributed by atoms with van der Waals surface area (Å²) in [6.45, 7) is 0.113. The summed E-state index contributed by atoms with van der Waals surface area (Å²) in [5, 5.41) is 10.7. The monoisotopic (exact) mass is 594 g/mol. The highest BCUT2D eigenvalue weighted by Gasteiger charge is 2.55. The van der Waals surface area contributed by atoms with E-state index in [1.807, 2.05) is 121 Å². The summed E-state index contributed by atoms with van der Waals surface area (Å²) in [6.07, 6.45) is 9.04. The first-order valence-electron chi connectivity index (χ1n) is 15.2. The second-order valence-electron chi connectivity index (χ2n) is 11.8. The Morgan fingerprint density at radius 2 is 0.956 bits per heavy atom. The van der Waals surface area contributed by atoms with Crippen molar-refractivity contribution in [2.24, 2.45) is 0 Å². The third kappa shape index (κ3) is 4.24. The van der Waals surface area contributed by atoms with Crippen molar-refractivity contribution in [2.75, 3.05) is 16.3 Å². The number of carboxylic acids is 1. The number of carbonyl (C=O) groups excluding carboxylic acids is 2. The summed E-state index contributed by atoms with van der Waals surface area (Å²) >= 11 is 0. The number of piperazine rings is 1. The number of aliphatic carboxylic acids is 1. The minimum atomic E-state index is -1.22. The van der Waals surface area contributed by atoms with Gasteiger partial charge in [-0.3, -0.25) is 9.80 Å². The fourth-order valence-electron chi connectivity index (χ4n) is 7.35. The number of carboxylic acid groups (broad SMARTS) is 1. The summed E-state index contributed by atoms with van der Waals surface area (Å²) in [4.78, 5) is 49.0. The SMILES string of the molecule is O=C(O)[C@@H]1[C@H]2CC[C@@H](CN1C(=O)N1c3ccccc3C=Cc3ccccc31)N2C(=O)N1c2ccccc2C=Cc2ccccc21. The number of urea groups is 2. The summed E-state index contributed by atoms with van der Waals surface area (Å²) in [6, 6.07) is 27.7. The molecule has 8 heteroatoms. The van der Waals surface area contributed by atoms with Crippen molar-refractivity contribution in [3.63, 3.8) is 0 Å². The van der Waals surface area contributed by atoms with Crippen LogP contribution in [0.5, 0.6) is 0 Å². The number of fused-ring (bicyclic) bond motifs is 6. The Morgan fingerprint density at radius 1 is 0.556 bits per heavy atom. The number of likely N-dealkylation sites (tertiary alicyclic amines) is 1. The Balaban J connectivity index is 1.19. The highest BCUT2D eigenvalue weighted by Crippen LogP contribution is 2.43. The van der Waals surface area contributed by atoms with E-state index in [1.165, 1.54) is 4.90 Å². The Kier molecular flexibility index (Phi) is 6.30. The molecular formula is C37H30N4O4. The molecule has 4 amide bonds. The molecule has 0 unspecified atom stereocenters. The van der Waals surface area contributed by atoms with Gasteiger partial charge in [-0.25, -0.2) is 14.4 Å². The minimum absolute atomic E-state index is 0.113. The summed E-state index contributed by atoms with van der Waals surface area (Å²) in [5.41, 5.74) is 6.34. The molecule has 2 fully saturated rings. The zero-order valence-electron chi connectivity index (χ0n) is 24.4. The molecule has 4 heterocycles. The zero-order chi connectivity index (χ0) is 30.7. The van der Waals surface area contributed by atoms with Gasteiger partial charge in [0.1, 0.15) is 0 Å². The molecule has 2 saturated heterocycles. The highest BCUT2D eigenvalue weighted by molar-refractivity contribution is 6.08. The Hall–Kier alpha value is -5.63. The van der Waals surface area contributed by atoms with Gasteiger partial charge in [-0.2, -0.15) is 0 Å². The van der Waals surface area contributed by atoms with Crippen molar-refractivity contribution in [3.05, 3.63) is 119 Å². The molecule has 3 atom stereocenters. The molecule has 8 nitrogen and oxygen atoms in total. The molecule has 4 aromatic carbocycles. The number of hydrogen-bond donors (Lipinski definition) is 1. The van der Waals surface area contributed by atoms with Crippen LogP contribution < -0.4 is 9.80 Å². The number of amides is 4. The minimum Gasteiger partial charge on any atom is -0.480 e. The fourth-order valence-corrected chi connectivity index (χ4v) is 7.35. The maximum Gasteiger partial charge on any atom is 0.330 e. The standard InChI is InChI=1S/C37H30N4O4/c42-35(43)34-33-22-21-28(39(33)37(45)41-31-15-7-3-11-26(31)19-20-27-12-4-8-16-32(27)41)23-38(34)36(44)40-29-13-5-1-9-24(29)17-18-25-10-2-6-14-30(25)40/h1-20,28,33-34H,21-23H2,(H,42,43)/t28-,33+,34-/m0/s1. The molecule has 0 spiro atoms. The number of para-hydroxylation sites is 4. The van der Waals surface area contributed by atoms with Crippen LogP contribution in [0.1, 0.15) is 35.1 Å². The van der Waals surface area contributed by atoms with E-state index in [9.17, 15) is 19.5 Å². The normalized spacial score (nSPS) is 20.8. The third-order valence-electron chi connectivity index (χ3n) is 9.35. The van der Waals surface area contributed by atoms with Crippen LogP contribution in [0, 0.1) is 0 Å². The predicted molar refractivity (Wildman–Crippen MR) is 175 cm³/mol. The number of anilines is 4. The molecule has 45 heavy (non-hydrogen) atoms. The van der Waals surface area contributed by atoms with E-state index in [4.69, 9.17) is 0 Å². The van der Waals surface area contributed by atoms with Crippen LogP contribution in [0.3, 0.4) is 0 Å².